The Hall–Kier alpha value is -2.09. The summed E-state index contributed by atoms with van der Waals surface area (Å²) >= 11 is 12.2. The van der Waals surface area contributed by atoms with E-state index in [0.29, 0.717) is 26.2 Å². The van der Waals surface area contributed by atoms with Gasteiger partial charge in [-0.2, -0.15) is 0 Å². The van der Waals surface area contributed by atoms with E-state index in [0.717, 1.165) is 11.8 Å². The van der Waals surface area contributed by atoms with Gasteiger partial charge in [0.15, 0.2) is 15.8 Å². The monoisotopic (exact) mass is 395 g/mol. The first kappa shape index (κ1) is 17.7. The molecule has 0 atom stereocenters. The lowest BCUT2D eigenvalue weighted by atomic mass is 10.2. The summed E-state index contributed by atoms with van der Waals surface area (Å²) in [6.45, 7) is 0. The summed E-state index contributed by atoms with van der Waals surface area (Å²) in [5, 5.41) is 9.75. The van der Waals surface area contributed by atoms with Crippen molar-refractivity contribution in [2.45, 2.75) is 0 Å². The third-order valence-corrected chi connectivity index (χ3v) is 5.05. The van der Waals surface area contributed by atoms with Gasteiger partial charge in [-0.25, -0.2) is 4.39 Å². The molecule has 0 unspecified atom stereocenters. The maximum absolute atomic E-state index is 13.3. The van der Waals surface area contributed by atoms with Crippen molar-refractivity contribution in [3.63, 3.8) is 0 Å². The van der Waals surface area contributed by atoms with Gasteiger partial charge in [0.1, 0.15) is 5.82 Å². The van der Waals surface area contributed by atoms with Crippen molar-refractivity contribution >= 4 is 57.6 Å². The Kier molecular flexibility index (Phi) is 4.99. The molecule has 0 radical (unpaired) electrons. The third-order valence-electron chi connectivity index (χ3n) is 3.46. The van der Waals surface area contributed by atoms with Crippen LogP contribution < -0.4 is 9.64 Å². The molecule has 0 saturated carbocycles. The minimum absolute atomic E-state index is 0.0305. The van der Waals surface area contributed by atoms with Crippen molar-refractivity contribution in [2.75, 3.05) is 12.0 Å². The number of ether oxygens (including phenoxy) is 1. The van der Waals surface area contributed by atoms with Gasteiger partial charge in [0, 0.05) is 0 Å². The molecule has 1 fully saturated rings. The van der Waals surface area contributed by atoms with Gasteiger partial charge < -0.3 is 9.84 Å². The highest BCUT2D eigenvalue weighted by atomic mass is 35.5. The molecule has 0 aromatic heterocycles. The number of thioether (sulfide) groups is 1. The first-order valence-electron chi connectivity index (χ1n) is 7.00. The lowest BCUT2D eigenvalue weighted by Crippen LogP contribution is -2.27. The van der Waals surface area contributed by atoms with Crippen LogP contribution in [0.15, 0.2) is 41.3 Å². The first-order chi connectivity index (χ1) is 11.9. The van der Waals surface area contributed by atoms with Crippen LogP contribution in [0.1, 0.15) is 5.56 Å². The summed E-state index contributed by atoms with van der Waals surface area (Å²) in [5.74, 6) is -0.601. The Morgan fingerprint density at radius 2 is 2.08 bits per heavy atom. The van der Waals surface area contributed by atoms with Crippen LogP contribution in [-0.4, -0.2) is 22.4 Å². The lowest BCUT2D eigenvalue weighted by Gasteiger charge is -2.14. The predicted octanol–water partition coefficient (Wildman–Crippen LogP) is 4.60. The van der Waals surface area contributed by atoms with Crippen LogP contribution in [0.3, 0.4) is 0 Å². The molecule has 1 heterocycles. The number of benzene rings is 2. The summed E-state index contributed by atoms with van der Waals surface area (Å²) < 4.78 is 18.6. The molecule has 0 bridgehead atoms. The summed E-state index contributed by atoms with van der Waals surface area (Å²) in [6, 6.07) is 8.76. The number of methoxy groups -OCH3 is 1. The molecule has 4 nitrogen and oxygen atoms in total. The van der Waals surface area contributed by atoms with Crippen LogP contribution in [0, 0.1) is 5.82 Å². The maximum atomic E-state index is 13.3. The van der Waals surface area contributed by atoms with Crippen LogP contribution in [0.5, 0.6) is 11.5 Å². The molecule has 25 heavy (non-hydrogen) atoms. The Bertz CT molecular complexity index is 917. The molecular formula is C17H11ClFNO3S2. The fourth-order valence-electron chi connectivity index (χ4n) is 2.26. The van der Waals surface area contributed by atoms with E-state index in [2.05, 4.69) is 0 Å². The molecule has 128 valence electrons. The average Bonchev–Trinajstić information content (AvgIpc) is 2.84. The lowest BCUT2D eigenvalue weighted by molar-refractivity contribution is -0.113. The van der Waals surface area contributed by atoms with Gasteiger partial charge >= 0.3 is 0 Å². The van der Waals surface area contributed by atoms with Crippen LogP contribution in [0.25, 0.3) is 6.08 Å². The quantitative estimate of drug-likeness (QED) is 0.608. The number of thiocarbonyl (C=S) groups is 1. The van der Waals surface area contributed by atoms with Gasteiger partial charge in [0.2, 0.25) is 0 Å². The van der Waals surface area contributed by atoms with Crippen LogP contribution >= 0.6 is 35.6 Å². The highest BCUT2D eigenvalue weighted by Crippen LogP contribution is 2.37. The molecule has 3 rings (SSSR count). The normalized spacial score (nSPS) is 16.0. The van der Waals surface area contributed by atoms with Crippen LogP contribution in [0.4, 0.5) is 10.1 Å². The number of hydrogen-bond donors (Lipinski definition) is 1. The number of carbonyl (C=O) groups is 1. The molecule has 0 aliphatic carbocycles. The third kappa shape index (κ3) is 3.49. The Morgan fingerprint density at radius 1 is 1.32 bits per heavy atom. The summed E-state index contributed by atoms with van der Waals surface area (Å²) in [6.07, 6.45) is 1.61. The van der Waals surface area contributed by atoms with Crippen molar-refractivity contribution in [3.8, 4) is 11.5 Å². The molecular weight excluding hydrogens is 385 g/mol. The van der Waals surface area contributed by atoms with Gasteiger partial charge in [-0.3, -0.25) is 9.69 Å². The van der Waals surface area contributed by atoms with E-state index in [4.69, 9.17) is 28.6 Å². The molecule has 1 saturated heterocycles. The van der Waals surface area contributed by atoms with Crippen molar-refractivity contribution in [1.29, 1.82) is 0 Å². The van der Waals surface area contributed by atoms with Gasteiger partial charge in [-0.15, -0.1) is 0 Å². The second-order valence-corrected chi connectivity index (χ2v) is 7.13. The highest BCUT2D eigenvalue weighted by Gasteiger charge is 2.33. The maximum Gasteiger partial charge on any atom is 0.270 e. The molecule has 1 amide bonds. The van der Waals surface area contributed by atoms with Crippen LogP contribution in [0.2, 0.25) is 5.02 Å². The first-order valence-corrected chi connectivity index (χ1v) is 8.61. The van der Waals surface area contributed by atoms with E-state index >= 15 is 0 Å². The SMILES string of the molecule is COc1ccc(/C=C2/SC(=S)N(c3ccc(F)c(Cl)c3)C2=O)cc1O. The number of hydrogen-bond acceptors (Lipinski definition) is 5. The van der Waals surface area contributed by atoms with Crippen molar-refractivity contribution in [2.24, 2.45) is 0 Å². The number of carbonyl (C=O) groups excluding carboxylic acids is 1. The van der Waals surface area contributed by atoms with Gasteiger partial charge in [-0.05, 0) is 42.0 Å². The van der Waals surface area contributed by atoms with E-state index in [1.54, 1.807) is 18.2 Å². The summed E-state index contributed by atoms with van der Waals surface area (Å²) in [5.41, 5.74) is 1.02. The molecule has 1 aliphatic rings. The topological polar surface area (TPSA) is 49.8 Å². The molecule has 2 aromatic rings. The Morgan fingerprint density at radius 3 is 2.72 bits per heavy atom. The smallest absolute Gasteiger partial charge is 0.270 e. The minimum Gasteiger partial charge on any atom is -0.504 e. The average molecular weight is 396 g/mol. The molecule has 0 spiro atoms. The van der Waals surface area contributed by atoms with E-state index in [1.165, 1.54) is 36.3 Å². The van der Waals surface area contributed by atoms with E-state index in [1.807, 2.05) is 0 Å². The van der Waals surface area contributed by atoms with Crippen molar-refractivity contribution in [3.05, 3.63) is 57.7 Å². The highest BCUT2D eigenvalue weighted by molar-refractivity contribution is 8.27. The second kappa shape index (κ2) is 7.03. The second-order valence-electron chi connectivity index (χ2n) is 5.05. The molecule has 1 aliphatic heterocycles. The largest absolute Gasteiger partial charge is 0.504 e. The molecule has 8 heteroatoms. The summed E-state index contributed by atoms with van der Waals surface area (Å²) in [4.78, 5) is 14.3. The fourth-order valence-corrected chi connectivity index (χ4v) is 3.74. The summed E-state index contributed by atoms with van der Waals surface area (Å²) in [7, 11) is 1.45. The number of nitrogens with zero attached hydrogens (tertiary/aromatic N) is 1. The zero-order valence-electron chi connectivity index (χ0n) is 12.8. The zero-order valence-corrected chi connectivity index (χ0v) is 15.2. The number of phenolic OH excluding ortho intramolecular Hbond substituents is 1. The van der Waals surface area contributed by atoms with Crippen molar-refractivity contribution < 1.29 is 19.0 Å². The predicted molar refractivity (Wildman–Crippen MR) is 102 cm³/mol. The Balaban J connectivity index is 1.92. The number of anilines is 1. The van der Waals surface area contributed by atoms with E-state index < -0.39 is 5.82 Å². The number of phenols is 1. The Labute approximate surface area is 157 Å². The van der Waals surface area contributed by atoms with E-state index in [9.17, 15) is 14.3 Å². The number of aromatic hydroxyl groups is 1. The standard InChI is InChI=1S/C17H11ClFNO3S2/c1-23-14-5-2-9(6-13(14)21)7-15-16(22)20(17(24)25-15)10-3-4-12(19)11(18)8-10/h2-8,21H,1H3/b15-7+. The number of amides is 1. The van der Waals surface area contributed by atoms with Gasteiger partial charge in [0.05, 0.1) is 22.7 Å². The van der Waals surface area contributed by atoms with Crippen LogP contribution in [-0.2, 0) is 4.79 Å². The molecule has 2 aromatic carbocycles. The van der Waals surface area contributed by atoms with Gasteiger partial charge in [0.25, 0.3) is 5.91 Å². The minimum atomic E-state index is -0.569. The van der Waals surface area contributed by atoms with E-state index in [-0.39, 0.29) is 16.7 Å². The number of rotatable bonds is 3. The zero-order chi connectivity index (χ0) is 18.1. The molecule has 1 N–H and O–H groups in total. The van der Waals surface area contributed by atoms with Gasteiger partial charge in [-0.1, -0.05) is 41.6 Å². The van der Waals surface area contributed by atoms with Crippen molar-refractivity contribution in [1.82, 2.24) is 0 Å². The number of halogens is 2. The fraction of sp³-hybridized carbons (Fsp3) is 0.0588.